The Balaban J connectivity index is 0.000000222. The first-order valence-corrected chi connectivity index (χ1v) is 24.8. The Morgan fingerprint density at radius 3 is 1.14 bits per heavy atom. The van der Waals surface area contributed by atoms with Gasteiger partial charge in [0, 0.05) is 74.5 Å². The molecule has 4 atom stereocenters. The summed E-state index contributed by atoms with van der Waals surface area (Å²) in [6, 6.07) is 65.5. The molecule has 0 fully saturated rings. The van der Waals surface area contributed by atoms with Crippen molar-refractivity contribution in [3.63, 3.8) is 0 Å². The fourth-order valence-electron chi connectivity index (χ4n) is 7.85. The number of nitrogens with zero attached hydrogens (tertiary/aromatic N) is 6. The second-order valence-electron chi connectivity index (χ2n) is 18.9. The molecule has 2 radical (unpaired) electrons. The van der Waals surface area contributed by atoms with Crippen LogP contribution in [0.5, 0.6) is 0 Å². The number of aliphatic hydroxyl groups excluding tert-OH is 4. The Labute approximate surface area is 475 Å². The van der Waals surface area contributed by atoms with Gasteiger partial charge in [0.1, 0.15) is 12.7 Å². The van der Waals surface area contributed by atoms with E-state index in [0.717, 1.165) is 61.3 Å². The van der Waals surface area contributed by atoms with Crippen LogP contribution >= 0.6 is 0 Å². The van der Waals surface area contributed by atoms with Crippen molar-refractivity contribution in [3.05, 3.63) is 219 Å². The van der Waals surface area contributed by atoms with Gasteiger partial charge in [0.05, 0.1) is 41.1 Å². The van der Waals surface area contributed by atoms with Crippen LogP contribution in [0.25, 0.3) is 77.8 Å². The number of hydrogen-bond acceptors (Lipinski definition) is 10. The SMILES string of the molecule is CC(C)(C)c1cc(-c2[c-]cccc2)ncn1.CC(O)CC(C)O.CC(O)CC(C)O.[Ir].[Ir].[c-]1ccccc1-c1cc(-c2ccccc2)ncn1.c1ccc(-c2ccnc3c2ccc2c(-c4ccccc4)ccnc23)cc1. The van der Waals surface area contributed by atoms with E-state index in [4.69, 9.17) is 20.4 Å². The third-order valence-corrected chi connectivity index (χ3v) is 11.3. The molecule has 4 heterocycles. The van der Waals surface area contributed by atoms with Gasteiger partial charge in [-0.3, -0.25) is 19.9 Å². The summed E-state index contributed by atoms with van der Waals surface area (Å²) in [4.78, 5) is 26.5. The first-order valence-electron chi connectivity index (χ1n) is 24.8. The van der Waals surface area contributed by atoms with Crippen molar-refractivity contribution in [2.24, 2.45) is 0 Å². The number of fused-ring (bicyclic) bond motifs is 3. The maximum absolute atomic E-state index is 8.56. The summed E-state index contributed by atoms with van der Waals surface area (Å²) in [5, 5.41) is 36.5. The van der Waals surface area contributed by atoms with Gasteiger partial charge in [-0.2, -0.15) is 0 Å². The van der Waals surface area contributed by atoms with E-state index in [1.54, 1.807) is 40.3 Å². The van der Waals surface area contributed by atoms with E-state index in [1.807, 2.05) is 116 Å². The number of benzene rings is 6. The molecule has 4 unspecified atom stereocenters. The molecule has 10 rings (SSSR count). The van der Waals surface area contributed by atoms with Crippen LogP contribution in [0, 0.1) is 12.1 Å². The molecule has 396 valence electrons. The van der Waals surface area contributed by atoms with Crippen LogP contribution in [-0.4, -0.2) is 74.7 Å². The second kappa shape index (κ2) is 31.5. The summed E-state index contributed by atoms with van der Waals surface area (Å²) in [5.41, 5.74) is 13.6. The molecule has 10 aromatic rings. The maximum atomic E-state index is 8.56. The largest absolute Gasteiger partial charge is 0.393 e. The Kier molecular flexibility index (Phi) is 25.7. The Hall–Kier alpha value is -6.56. The first kappa shape index (κ1) is 62.0. The van der Waals surface area contributed by atoms with Gasteiger partial charge >= 0.3 is 0 Å². The molecule has 0 bridgehead atoms. The fraction of sp³-hybridized carbons (Fsp3) is 0.219. The molecule has 0 amide bonds. The normalized spacial score (nSPS) is 12.1. The molecule has 0 saturated heterocycles. The van der Waals surface area contributed by atoms with E-state index in [9.17, 15) is 0 Å². The van der Waals surface area contributed by atoms with E-state index in [-0.39, 0.29) is 70.0 Å². The number of aliphatic hydroxyl groups is 4. The van der Waals surface area contributed by atoms with Crippen LogP contribution in [0.2, 0.25) is 0 Å². The molecular formula is C64H66Ir2N6O4-2. The van der Waals surface area contributed by atoms with Gasteiger partial charge in [0.2, 0.25) is 0 Å². The molecule has 6 aromatic carbocycles. The first-order chi connectivity index (χ1) is 35.7. The Bertz CT molecular complexity index is 3040. The minimum absolute atomic E-state index is 0. The minimum Gasteiger partial charge on any atom is -0.393 e. The van der Waals surface area contributed by atoms with Gasteiger partial charge in [-0.05, 0) is 91.9 Å². The standard InChI is InChI=1S/C24H16N2.C16H11N2.C14H15N2.2C5H12O2.2Ir/c1-3-7-17(8-4-1)19-13-15-25-23-21(19)11-12-22-20(14-16-26-24(22)23)18-9-5-2-6-10-18;1-3-7-13(8-4-1)15-11-16(18-12-17-15)14-9-5-2-6-10-14;1-14(2,3)13-9-12(15-10-16-13)11-7-5-4-6-8-11;2*1-4(6)3-5(2)7;;/h1-16H;1-9,11-12H;4-7,9-10H,1-3H3;2*4-7H,3H2,1-2H3;;/q;2*-1;;;;. The van der Waals surface area contributed by atoms with Crippen molar-refractivity contribution < 1.29 is 60.6 Å². The summed E-state index contributed by atoms with van der Waals surface area (Å²) >= 11 is 0. The van der Waals surface area contributed by atoms with Crippen molar-refractivity contribution in [3.8, 4) is 56.0 Å². The van der Waals surface area contributed by atoms with E-state index in [0.29, 0.717) is 12.8 Å². The van der Waals surface area contributed by atoms with E-state index in [1.165, 1.54) is 22.3 Å². The quantitative estimate of drug-likeness (QED) is 0.0810. The van der Waals surface area contributed by atoms with Crippen LogP contribution in [0.4, 0.5) is 0 Å². The van der Waals surface area contributed by atoms with Crippen molar-refractivity contribution in [2.45, 2.75) is 91.1 Å². The van der Waals surface area contributed by atoms with E-state index < -0.39 is 0 Å². The fourth-order valence-corrected chi connectivity index (χ4v) is 7.85. The number of pyridine rings is 2. The number of rotatable bonds is 9. The van der Waals surface area contributed by atoms with Crippen LogP contribution in [0.1, 0.15) is 67.0 Å². The Morgan fingerprint density at radius 1 is 0.408 bits per heavy atom. The predicted octanol–water partition coefficient (Wildman–Crippen LogP) is 13.2. The number of aromatic nitrogens is 6. The monoisotopic (exact) mass is 1370 g/mol. The molecule has 10 nitrogen and oxygen atoms in total. The molecule has 4 aromatic heterocycles. The van der Waals surface area contributed by atoms with Gasteiger partial charge in [-0.1, -0.05) is 136 Å². The van der Waals surface area contributed by atoms with Crippen molar-refractivity contribution in [1.29, 1.82) is 0 Å². The van der Waals surface area contributed by atoms with Crippen LogP contribution in [0.15, 0.2) is 201 Å². The number of hydrogen-bond donors (Lipinski definition) is 4. The molecule has 0 spiro atoms. The molecule has 4 N–H and O–H groups in total. The Morgan fingerprint density at radius 2 is 0.776 bits per heavy atom. The van der Waals surface area contributed by atoms with Gasteiger partial charge in [0.15, 0.2) is 0 Å². The average molecular weight is 1370 g/mol. The van der Waals surface area contributed by atoms with Crippen LogP contribution < -0.4 is 0 Å². The summed E-state index contributed by atoms with van der Waals surface area (Å²) < 4.78 is 0. The zero-order valence-corrected chi connectivity index (χ0v) is 48.7. The minimum atomic E-state index is -0.375. The van der Waals surface area contributed by atoms with Gasteiger partial charge < -0.3 is 20.4 Å². The molecule has 76 heavy (non-hydrogen) atoms. The van der Waals surface area contributed by atoms with Crippen LogP contribution in [0.3, 0.4) is 0 Å². The van der Waals surface area contributed by atoms with Crippen molar-refractivity contribution in [1.82, 2.24) is 29.9 Å². The third kappa shape index (κ3) is 19.2. The summed E-state index contributed by atoms with van der Waals surface area (Å²) in [7, 11) is 0. The van der Waals surface area contributed by atoms with Gasteiger partial charge in [-0.25, -0.2) is 9.97 Å². The average Bonchev–Trinajstić information content (AvgIpc) is 3.42. The summed E-state index contributed by atoms with van der Waals surface area (Å²) in [5.74, 6) is 0. The summed E-state index contributed by atoms with van der Waals surface area (Å²) in [6.45, 7) is 13.1. The topological polar surface area (TPSA) is 158 Å². The zero-order chi connectivity index (χ0) is 52.9. The summed E-state index contributed by atoms with van der Waals surface area (Å²) in [6.07, 6.45) is 6.41. The second-order valence-corrected chi connectivity index (χ2v) is 18.9. The molecule has 0 aliphatic rings. The molecular weight excluding hydrogens is 1300 g/mol. The third-order valence-electron chi connectivity index (χ3n) is 11.3. The molecule has 0 aliphatic carbocycles. The molecule has 12 heteroatoms. The van der Waals surface area contributed by atoms with E-state index in [2.05, 4.69) is 136 Å². The van der Waals surface area contributed by atoms with Gasteiger partial charge in [0.25, 0.3) is 0 Å². The predicted molar refractivity (Wildman–Crippen MR) is 301 cm³/mol. The zero-order valence-electron chi connectivity index (χ0n) is 43.9. The van der Waals surface area contributed by atoms with Gasteiger partial charge in [-0.15, -0.1) is 71.8 Å². The van der Waals surface area contributed by atoms with Crippen molar-refractivity contribution in [2.75, 3.05) is 0 Å². The maximum Gasteiger partial charge on any atom is 0.106 e. The van der Waals surface area contributed by atoms with Crippen LogP contribution in [-0.2, 0) is 45.6 Å². The smallest absolute Gasteiger partial charge is 0.106 e. The molecule has 0 aliphatic heterocycles. The van der Waals surface area contributed by atoms with E-state index >= 15 is 0 Å². The van der Waals surface area contributed by atoms with Crippen molar-refractivity contribution >= 4 is 21.8 Å². The molecule has 0 saturated carbocycles.